The summed E-state index contributed by atoms with van der Waals surface area (Å²) in [4.78, 5) is 0. The Morgan fingerprint density at radius 2 is 1.84 bits per heavy atom. The molecule has 0 saturated carbocycles. The van der Waals surface area contributed by atoms with E-state index in [0.29, 0.717) is 26.7 Å². The van der Waals surface area contributed by atoms with E-state index in [2.05, 4.69) is 31.9 Å². The second kappa shape index (κ2) is 6.48. The molecular weight excluding hydrogens is 382 g/mol. The number of hydrogen-bond donors (Lipinski definition) is 0. The highest BCUT2D eigenvalue weighted by atomic mass is 79.9. The van der Waals surface area contributed by atoms with E-state index in [1.54, 1.807) is 18.2 Å². The van der Waals surface area contributed by atoms with Gasteiger partial charge in [0.15, 0.2) is 0 Å². The Bertz CT molecular complexity index is 588. The van der Waals surface area contributed by atoms with Crippen molar-refractivity contribution in [2.24, 2.45) is 0 Å². The molecule has 0 amide bonds. The summed E-state index contributed by atoms with van der Waals surface area (Å²) in [7, 11) is 0. The van der Waals surface area contributed by atoms with Crippen LogP contribution in [-0.4, -0.2) is 0 Å². The third-order valence-corrected chi connectivity index (χ3v) is 4.07. The van der Waals surface area contributed by atoms with Gasteiger partial charge in [-0.25, -0.2) is 8.78 Å². The van der Waals surface area contributed by atoms with Crippen LogP contribution in [0.2, 0.25) is 0 Å². The third kappa shape index (κ3) is 3.54. The molecule has 100 valence electrons. The van der Waals surface area contributed by atoms with Gasteiger partial charge in [0.05, 0.1) is 4.47 Å². The molecule has 19 heavy (non-hydrogen) atoms. The van der Waals surface area contributed by atoms with Crippen molar-refractivity contribution in [1.29, 1.82) is 0 Å². The zero-order valence-corrected chi connectivity index (χ0v) is 13.0. The molecule has 0 aliphatic rings. The molecule has 0 aliphatic carbocycles. The highest BCUT2D eigenvalue weighted by Crippen LogP contribution is 2.26. The molecule has 0 aromatic heterocycles. The number of halogens is 4. The average Bonchev–Trinajstić information content (AvgIpc) is 2.41. The van der Waals surface area contributed by atoms with Crippen molar-refractivity contribution in [1.82, 2.24) is 0 Å². The Morgan fingerprint density at radius 3 is 2.58 bits per heavy atom. The summed E-state index contributed by atoms with van der Waals surface area (Å²) in [5, 5.41) is 0.490. The highest BCUT2D eigenvalue weighted by molar-refractivity contribution is 9.10. The Balaban J connectivity index is 2.17. The molecule has 0 aliphatic heterocycles. The van der Waals surface area contributed by atoms with Crippen molar-refractivity contribution < 1.29 is 13.5 Å². The summed E-state index contributed by atoms with van der Waals surface area (Å²) < 4.78 is 32.4. The van der Waals surface area contributed by atoms with Crippen LogP contribution in [0.4, 0.5) is 8.78 Å². The quantitative estimate of drug-likeness (QED) is 0.650. The van der Waals surface area contributed by atoms with E-state index in [4.69, 9.17) is 4.74 Å². The first kappa shape index (κ1) is 14.5. The maximum atomic E-state index is 13.3. The molecule has 0 unspecified atom stereocenters. The normalized spacial score (nSPS) is 10.5. The standard InChI is InChI=1S/C14H10Br2F2O/c15-7-10-6-11(17)4-5-13(10)19-8-9-2-1-3-12(18)14(9)16/h1-6H,7-8H2. The van der Waals surface area contributed by atoms with E-state index < -0.39 is 0 Å². The average molecular weight is 392 g/mol. The number of benzene rings is 2. The summed E-state index contributed by atoms with van der Waals surface area (Å²) in [5.41, 5.74) is 1.41. The Morgan fingerprint density at radius 1 is 1.05 bits per heavy atom. The third-order valence-electron chi connectivity index (χ3n) is 2.58. The van der Waals surface area contributed by atoms with Crippen LogP contribution in [-0.2, 0) is 11.9 Å². The molecule has 0 N–H and O–H groups in total. The predicted octanol–water partition coefficient (Wildman–Crippen LogP) is 5.20. The van der Waals surface area contributed by atoms with Gasteiger partial charge in [0.2, 0.25) is 0 Å². The first-order valence-corrected chi connectivity index (χ1v) is 7.43. The molecule has 0 saturated heterocycles. The maximum Gasteiger partial charge on any atom is 0.137 e. The minimum Gasteiger partial charge on any atom is -0.489 e. The Kier molecular flexibility index (Phi) is 4.93. The molecule has 0 bridgehead atoms. The summed E-state index contributed by atoms with van der Waals surface area (Å²) in [6, 6.07) is 9.07. The van der Waals surface area contributed by atoms with Gasteiger partial charge in [0.25, 0.3) is 0 Å². The van der Waals surface area contributed by atoms with E-state index in [-0.39, 0.29) is 18.2 Å². The smallest absolute Gasteiger partial charge is 0.137 e. The van der Waals surface area contributed by atoms with Crippen molar-refractivity contribution >= 4 is 31.9 Å². The minimum atomic E-state index is -0.332. The summed E-state index contributed by atoms with van der Waals surface area (Å²) >= 11 is 6.46. The fourth-order valence-electron chi connectivity index (χ4n) is 1.61. The zero-order valence-electron chi connectivity index (χ0n) is 9.80. The van der Waals surface area contributed by atoms with E-state index >= 15 is 0 Å². The first-order chi connectivity index (χ1) is 9.11. The van der Waals surface area contributed by atoms with Gasteiger partial charge >= 0.3 is 0 Å². The Labute approximate surface area is 126 Å². The van der Waals surface area contributed by atoms with E-state index in [0.717, 1.165) is 0 Å². The molecular formula is C14H10Br2F2O. The number of alkyl halides is 1. The number of ether oxygens (including phenoxy) is 1. The van der Waals surface area contributed by atoms with Gasteiger partial charge in [-0.3, -0.25) is 0 Å². The molecule has 0 radical (unpaired) electrons. The van der Waals surface area contributed by atoms with Crippen LogP contribution < -0.4 is 4.74 Å². The number of rotatable bonds is 4. The lowest BCUT2D eigenvalue weighted by Gasteiger charge is -2.11. The minimum absolute atomic E-state index is 0.212. The lowest BCUT2D eigenvalue weighted by atomic mass is 10.2. The molecule has 5 heteroatoms. The molecule has 0 heterocycles. The topological polar surface area (TPSA) is 9.23 Å². The van der Waals surface area contributed by atoms with Crippen LogP contribution in [0.25, 0.3) is 0 Å². The van der Waals surface area contributed by atoms with Crippen molar-refractivity contribution in [3.05, 3.63) is 63.6 Å². The van der Waals surface area contributed by atoms with Crippen LogP contribution in [0.3, 0.4) is 0 Å². The van der Waals surface area contributed by atoms with Crippen LogP contribution in [0.5, 0.6) is 5.75 Å². The van der Waals surface area contributed by atoms with Gasteiger partial charge in [-0.05, 0) is 40.2 Å². The van der Waals surface area contributed by atoms with Crippen LogP contribution in [0.1, 0.15) is 11.1 Å². The van der Waals surface area contributed by atoms with Crippen molar-refractivity contribution in [3.63, 3.8) is 0 Å². The molecule has 0 fully saturated rings. The van der Waals surface area contributed by atoms with Crippen LogP contribution >= 0.6 is 31.9 Å². The predicted molar refractivity (Wildman–Crippen MR) is 77.5 cm³/mol. The highest BCUT2D eigenvalue weighted by Gasteiger charge is 2.08. The maximum absolute atomic E-state index is 13.3. The van der Waals surface area contributed by atoms with Crippen molar-refractivity contribution in [3.8, 4) is 5.75 Å². The lowest BCUT2D eigenvalue weighted by Crippen LogP contribution is -2.00. The molecule has 0 atom stereocenters. The van der Waals surface area contributed by atoms with Gasteiger partial charge in [0, 0.05) is 16.5 Å². The molecule has 0 spiro atoms. The molecule has 2 aromatic carbocycles. The van der Waals surface area contributed by atoms with Crippen LogP contribution in [0.15, 0.2) is 40.9 Å². The summed E-state index contributed by atoms with van der Waals surface area (Å²) in [6.07, 6.45) is 0. The largest absolute Gasteiger partial charge is 0.489 e. The van der Waals surface area contributed by atoms with Gasteiger partial charge in [0.1, 0.15) is 24.0 Å². The fraction of sp³-hybridized carbons (Fsp3) is 0.143. The van der Waals surface area contributed by atoms with E-state index in [1.807, 2.05) is 0 Å². The Hall–Kier alpha value is -0.940. The second-order valence-corrected chi connectivity index (χ2v) is 5.24. The molecule has 2 rings (SSSR count). The number of hydrogen-bond acceptors (Lipinski definition) is 1. The van der Waals surface area contributed by atoms with Crippen molar-refractivity contribution in [2.45, 2.75) is 11.9 Å². The fourth-order valence-corrected chi connectivity index (χ4v) is 2.43. The SMILES string of the molecule is Fc1ccc(OCc2cccc(F)c2Br)c(CBr)c1. The van der Waals surface area contributed by atoms with Crippen LogP contribution in [0, 0.1) is 11.6 Å². The van der Waals surface area contributed by atoms with E-state index in [1.165, 1.54) is 18.2 Å². The van der Waals surface area contributed by atoms with Gasteiger partial charge in [-0.1, -0.05) is 28.1 Å². The van der Waals surface area contributed by atoms with E-state index in [9.17, 15) is 8.78 Å². The van der Waals surface area contributed by atoms with Gasteiger partial charge < -0.3 is 4.74 Å². The summed E-state index contributed by atoms with van der Waals surface area (Å²) in [6.45, 7) is 0.212. The monoisotopic (exact) mass is 390 g/mol. The second-order valence-electron chi connectivity index (χ2n) is 3.89. The first-order valence-electron chi connectivity index (χ1n) is 5.52. The summed E-state index contributed by atoms with van der Waals surface area (Å²) in [5.74, 6) is -0.0657. The lowest BCUT2D eigenvalue weighted by molar-refractivity contribution is 0.302. The zero-order chi connectivity index (χ0) is 13.8. The van der Waals surface area contributed by atoms with Gasteiger partial charge in [-0.15, -0.1) is 0 Å². The van der Waals surface area contributed by atoms with Crippen molar-refractivity contribution in [2.75, 3.05) is 0 Å². The molecule has 2 aromatic rings. The molecule has 1 nitrogen and oxygen atoms in total. The van der Waals surface area contributed by atoms with Gasteiger partial charge in [-0.2, -0.15) is 0 Å².